The molecule has 0 saturated heterocycles. The molecule has 0 fully saturated rings. The van der Waals surface area contributed by atoms with Gasteiger partial charge in [-0.15, -0.1) is 24.0 Å². The zero-order valence-electron chi connectivity index (χ0n) is 16.5. The van der Waals surface area contributed by atoms with Crippen LogP contribution in [0.15, 0.2) is 33.8 Å². The first-order valence-corrected chi connectivity index (χ1v) is 8.85. The van der Waals surface area contributed by atoms with Gasteiger partial charge in [-0.05, 0) is 17.7 Å². The number of guanidine groups is 1. The molecule has 8 heteroatoms. The third kappa shape index (κ3) is 7.08. The summed E-state index contributed by atoms with van der Waals surface area (Å²) in [5.41, 5.74) is 0.700. The van der Waals surface area contributed by atoms with Gasteiger partial charge in [0.1, 0.15) is 5.82 Å². The van der Waals surface area contributed by atoms with Gasteiger partial charge in [0, 0.05) is 37.9 Å². The Hall–Kier alpha value is -1.71. The van der Waals surface area contributed by atoms with Crippen LogP contribution < -0.4 is 10.6 Å². The van der Waals surface area contributed by atoms with E-state index in [1.165, 1.54) is 6.07 Å². The summed E-state index contributed by atoms with van der Waals surface area (Å²) < 4.78 is 18.7. The van der Waals surface area contributed by atoms with Crippen molar-refractivity contribution in [1.29, 1.82) is 0 Å². The lowest BCUT2D eigenvalue weighted by atomic mass is 9.84. The minimum atomic E-state index is -0.238. The molecule has 2 aromatic rings. The summed E-state index contributed by atoms with van der Waals surface area (Å²) in [6, 6.07) is 6.69. The number of nitrogens with one attached hydrogen (secondary N) is 2. The third-order valence-electron chi connectivity index (χ3n) is 4.16. The predicted octanol–water partition coefficient (Wildman–Crippen LogP) is 3.64. The standard InChI is InChI=1S/C19H28FN5O.HI/c1-13(2)17-24-16(26-25-17)9-10-22-18(21-5)23-12-19(3,4)14-7-6-8-15(20)11-14;/h6-8,11,13H,9-10,12H2,1-5H3,(H2,21,22,23);1H. The number of benzene rings is 1. The number of halogens is 2. The zero-order valence-corrected chi connectivity index (χ0v) is 18.9. The summed E-state index contributed by atoms with van der Waals surface area (Å²) in [5.74, 6) is 2.03. The van der Waals surface area contributed by atoms with Gasteiger partial charge >= 0.3 is 0 Å². The van der Waals surface area contributed by atoms with Crippen LogP contribution in [0.25, 0.3) is 0 Å². The van der Waals surface area contributed by atoms with Crippen LogP contribution in [0, 0.1) is 5.82 Å². The molecule has 0 unspecified atom stereocenters. The minimum absolute atomic E-state index is 0. The lowest BCUT2D eigenvalue weighted by Crippen LogP contribution is -2.44. The van der Waals surface area contributed by atoms with E-state index in [-0.39, 0.29) is 41.1 Å². The summed E-state index contributed by atoms with van der Waals surface area (Å²) in [6.07, 6.45) is 0.619. The highest BCUT2D eigenvalue weighted by Gasteiger charge is 2.21. The average molecular weight is 489 g/mol. The molecule has 0 aliphatic heterocycles. The molecule has 6 nitrogen and oxygen atoms in total. The summed E-state index contributed by atoms with van der Waals surface area (Å²) >= 11 is 0. The summed E-state index contributed by atoms with van der Waals surface area (Å²) in [7, 11) is 1.72. The van der Waals surface area contributed by atoms with E-state index in [0.29, 0.717) is 31.4 Å². The second-order valence-corrected chi connectivity index (χ2v) is 7.20. The monoisotopic (exact) mass is 489 g/mol. The van der Waals surface area contributed by atoms with E-state index in [0.717, 1.165) is 11.4 Å². The van der Waals surface area contributed by atoms with Gasteiger partial charge < -0.3 is 15.2 Å². The van der Waals surface area contributed by atoms with E-state index in [1.54, 1.807) is 19.2 Å². The zero-order chi connectivity index (χ0) is 19.2. The molecule has 0 spiro atoms. The summed E-state index contributed by atoms with van der Waals surface area (Å²) in [6.45, 7) is 9.42. The number of hydrogen-bond acceptors (Lipinski definition) is 4. The molecule has 0 aliphatic carbocycles. The smallest absolute Gasteiger partial charge is 0.228 e. The van der Waals surface area contributed by atoms with Crippen LogP contribution in [0.3, 0.4) is 0 Å². The van der Waals surface area contributed by atoms with E-state index < -0.39 is 0 Å². The maximum atomic E-state index is 13.5. The molecule has 1 aromatic heterocycles. The Morgan fingerprint density at radius 3 is 2.63 bits per heavy atom. The Bertz CT molecular complexity index is 745. The average Bonchev–Trinajstić information content (AvgIpc) is 3.07. The first-order valence-electron chi connectivity index (χ1n) is 8.85. The second-order valence-electron chi connectivity index (χ2n) is 7.20. The van der Waals surface area contributed by atoms with Gasteiger partial charge in [-0.25, -0.2) is 4.39 Å². The molecule has 0 aliphatic rings. The molecule has 150 valence electrons. The number of nitrogens with zero attached hydrogens (tertiary/aromatic N) is 3. The van der Waals surface area contributed by atoms with Crippen LogP contribution in [0.2, 0.25) is 0 Å². The fourth-order valence-electron chi connectivity index (χ4n) is 2.43. The molecule has 0 atom stereocenters. The SMILES string of the molecule is CN=C(NCCc1nc(C(C)C)no1)NCC(C)(C)c1cccc(F)c1.I. The van der Waals surface area contributed by atoms with Crippen molar-refractivity contribution < 1.29 is 8.91 Å². The van der Waals surface area contributed by atoms with E-state index in [2.05, 4.69) is 39.6 Å². The fourth-order valence-corrected chi connectivity index (χ4v) is 2.43. The van der Waals surface area contributed by atoms with Crippen LogP contribution in [0.5, 0.6) is 0 Å². The number of hydrogen-bond donors (Lipinski definition) is 2. The molecule has 0 bridgehead atoms. The maximum Gasteiger partial charge on any atom is 0.228 e. The van der Waals surface area contributed by atoms with E-state index in [9.17, 15) is 4.39 Å². The molecular formula is C19H29FIN5O. The maximum absolute atomic E-state index is 13.5. The van der Waals surface area contributed by atoms with E-state index in [1.807, 2.05) is 19.9 Å². The van der Waals surface area contributed by atoms with Crippen molar-refractivity contribution in [2.45, 2.75) is 45.4 Å². The molecule has 1 heterocycles. The molecular weight excluding hydrogens is 460 g/mol. The van der Waals surface area contributed by atoms with Crippen LogP contribution in [-0.4, -0.2) is 36.2 Å². The third-order valence-corrected chi connectivity index (χ3v) is 4.16. The molecule has 0 amide bonds. The van der Waals surface area contributed by atoms with Crippen molar-refractivity contribution >= 4 is 29.9 Å². The van der Waals surface area contributed by atoms with Gasteiger partial charge in [-0.1, -0.05) is 45.0 Å². The highest BCUT2D eigenvalue weighted by Crippen LogP contribution is 2.22. The highest BCUT2D eigenvalue weighted by molar-refractivity contribution is 14.0. The van der Waals surface area contributed by atoms with Crippen molar-refractivity contribution in [2.75, 3.05) is 20.1 Å². The Labute approximate surface area is 177 Å². The lowest BCUT2D eigenvalue weighted by Gasteiger charge is -2.26. The van der Waals surface area contributed by atoms with Gasteiger partial charge in [-0.2, -0.15) is 4.98 Å². The van der Waals surface area contributed by atoms with Gasteiger partial charge in [0.2, 0.25) is 5.89 Å². The van der Waals surface area contributed by atoms with Gasteiger partial charge in [0.05, 0.1) is 0 Å². The lowest BCUT2D eigenvalue weighted by molar-refractivity contribution is 0.371. The Morgan fingerprint density at radius 1 is 1.30 bits per heavy atom. The summed E-state index contributed by atoms with van der Waals surface area (Å²) in [4.78, 5) is 8.57. The van der Waals surface area contributed by atoms with Crippen LogP contribution in [0.1, 0.15) is 50.9 Å². The number of aromatic nitrogens is 2. The van der Waals surface area contributed by atoms with Crippen LogP contribution >= 0.6 is 24.0 Å². The quantitative estimate of drug-likeness (QED) is 0.353. The second kappa shape index (κ2) is 10.6. The number of rotatable bonds is 7. The topological polar surface area (TPSA) is 75.3 Å². The van der Waals surface area contributed by atoms with Crippen molar-refractivity contribution in [3.8, 4) is 0 Å². The largest absolute Gasteiger partial charge is 0.356 e. The first-order chi connectivity index (χ1) is 12.3. The van der Waals surface area contributed by atoms with Crippen LogP contribution in [-0.2, 0) is 11.8 Å². The minimum Gasteiger partial charge on any atom is -0.356 e. The van der Waals surface area contributed by atoms with Crippen molar-refractivity contribution in [1.82, 2.24) is 20.8 Å². The van der Waals surface area contributed by atoms with Crippen molar-refractivity contribution in [3.63, 3.8) is 0 Å². The van der Waals surface area contributed by atoms with Gasteiger partial charge in [0.15, 0.2) is 11.8 Å². The molecule has 0 radical (unpaired) electrons. The molecule has 2 rings (SSSR count). The van der Waals surface area contributed by atoms with Gasteiger partial charge in [-0.3, -0.25) is 4.99 Å². The summed E-state index contributed by atoms with van der Waals surface area (Å²) in [5, 5.41) is 10.5. The van der Waals surface area contributed by atoms with Crippen molar-refractivity contribution in [2.24, 2.45) is 4.99 Å². The number of aliphatic imine (C=N–C) groups is 1. The predicted molar refractivity (Wildman–Crippen MR) is 116 cm³/mol. The molecule has 27 heavy (non-hydrogen) atoms. The van der Waals surface area contributed by atoms with Gasteiger partial charge in [0.25, 0.3) is 0 Å². The normalized spacial score (nSPS) is 12.0. The highest BCUT2D eigenvalue weighted by atomic mass is 127. The van der Waals surface area contributed by atoms with Crippen molar-refractivity contribution in [3.05, 3.63) is 47.4 Å². The van der Waals surface area contributed by atoms with Crippen LogP contribution in [0.4, 0.5) is 4.39 Å². The Kier molecular flexibility index (Phi) is 9.14. The fraction of sp³-hybridized carbons (Fsp3) is 0.526. The molecule has 0 saturated carbocycles. The van der Waals surface area contributed by atoms with E-state index >= 15 is 0 Å². The molecule has 1 aromatic carbocycles. The Morgan fingerprint density at radius 2 is 2.04 bits per heavy atom. The molecule has 2 N–H and O–H groups in total. The van der Waals surface area contributed by atoms with E-state index in [4.69, 9.17) is 4.52 Å². The first kappa shape index (κ1) is 23.3. The Balaban J connectivity index is 0.00000364.